The summed E-state index contributed by atoms with van der Waals surface area (Å²) in [6.07, 6.45) is 1.06. The van der Waals surface area contributed by atoms with Gasteiger partial charge in [-0.25, -0.2) is 4.79 Å². The number of rotatable bonds is 4. The monoisotopic (exact) mass is 263 g/mol. The first kappa shape index (κ1) is 13.4. The summed E-state index contributed by atoms with van der Waals surface area (Å²) in [5, 5.41) is 8.89. The predicted molar refractivity (Wildman–Crippen MR) is 70.5 cm³/mol. The van der Waals surface area contributed by atoms with Gasteiger partial charge in [0.25, 0.3) is 0 Å². The maximum atomic E-state index is 10.8. The van der Waals surface area contributed by atoms with Crippen LogP contribution in [0, 0.1) is 5.41 Å². The van der Waals surface area contributed by atoms with E-state index in [9.17, 15) is 4.79 Å². The highest BCUT2D eigenvalue weighted by Gasteiger charge is 2.13. The van der Waals surface area contributed by atoms with Crippen LogP contribution >= 0.6 is 0 Å². The van der Waals surface area contributed by atoms with Crippen LogP contribution in [0.15, 0.2) is 22.6 Å². The zero-order valence-corrected chi connectivity index (χ0v) is 11.3. The van der Waals surface area contributed by atoms with E-state index in [0.29, 0.717) is 17.7 Å². The highest BCUT2D eigenvalue weighted by Crippen LogP contribution is 2.23. The van der Waals surface area contributed by atoms with Crippen molar-refractivity contribution < 1.29 is 19.1 Å². The first-order chi connectivity index (χ1) is 8.85. The van der Waals surface area contributed by atoms with Crippen molar-refractivity contribution in [3.05, 3.63) is 23.8 Å². The number of hydrogen-bond acceptors (Lipinski definition) is 4. The third-order valence-electron chi connectivity index (χ3n) is 2.69. The van der Waals surface area contributed by atoms with Gasteiger partial charge in [0.15, 0.2) is 5.58 Å². The van der Waals surface area contributed by atoms with E-state index in [1.807, 2.05) is 0 Å². The molecule has 5 nitrogen and oxygen atoms in total. The molecule has 0 bridgehead atoms. The van der Waals surface area contributed by atoms with E-state index in [2.05, 4.69) is 25.8 Å². The van der Waals surface area contributed by atoms with Crippen molar-refractivity contribution in [2.75, 3.05) is 6.61 Å². The van der Waals surface area contributed by atoms with Gasteiger partial charge in [-0.3, -0.25) is 0 Å². The van der Waals surface area contributed by atoms with Crippen molar-refractivity contribution in [2.24, 2.45) is 5.41 Å². The Bertz CT molecular complexity index is 595. The van der Waals surface area contributed by atoms with Gasteiger partial charge in [0.2, 0.25) is 0 Å². The van der Waals surface area contributed by atoms with Crippen molar-refractivity contribution >= 4 is 17.1 Å². The van der Waals surface area contributed by atoms with Crippen LogP contribution in [0.1, 0.15) is 37.6 Å². The molecule has 0 atom stereocenters. The van der Waals surface area contributed by atoms with E-state index >= 15 is 0 Å². The van der Waals surface area contributed by atoms with Gasteiger partial charge < -0.3 is 14.3 Å². The summed E-state index contributed by atoms with van der Waals surface area (Å²) in [5.74, 6) is -0.992. The SMILES string of the molecule is CC(C)(C)CCOc1nc2ccc(C(=O)O)cc2o1. The van der Waals surface area contributed by atoms with Gasteiger partial charge in [-0.2, -0.15) is 4.98 Å². The lowest BCUT2D eigenvalue weighted by Crippen LogP contribution is -2.11. The molecule has 1 heterocycles. The fourth-order valence-electron chi connectivity index (χ4n) is 1.54. The quantitative estimate of drug-likeness (QED) is 0.915. The Labute approximate surface area is 111 Å². The smallest absolute Gasteiger partial charge is 0.394 e. The molecule has 19 heavy (non-hydrogen) atoms. The summed E-state index contributed by atoms with van der Waals surface area (Å²) in [4.78, 5) is 15.0. The Balaban J connectivity index is 2.11. The van der Waals surface area contributed by atoms with Crippen molar-refractivity contribution in [1.82, 2.24) is 4.98 Å². The number of aromatic nitrogens is 1. The number of oxazole rings is 1. The lowest BCUT2D eigenvalue weighted by atomic mass is 9.93. The molecule has 1 N–H and O–H groups in total. The normalized spacial score (nSPS) is 11.7. The minimum Gasteiger partial charge on any atom is -0.478 e. The number of aromatic carboxylic acids is 1. The molecular formula is C14H17NO4. The highest BCUT2D eigenvalue weighted by molar-refractivity contribution is 5.91. The molecule has 0 saturated heterocycles. The standard InChI is InChI=1S/C14H17NO4/c1-14(2,3)6-7-18-13-15-10-5-4-9(12(16)17)8-11(10)19-13/h4-5,8H,6-7H2,1-3H3,(H,16,17). The average Bonchev–Trinajstić information content (AvgIpc) is 2.68. The van der Waals surface area contributed by atoms with Gasteiger partial charge in [0, 0.05) is 0 Å². The van der Waals surface area contributed by atoms with Crippen LogP contribution in [0.25, 0.3) is 11.1 Å². The number of ether oxygens (including phenoxy) is 1. The number of carbonyl (C=O) groups is 1. The first-order valence-electron chi connectivity index (χ1n) is 6.12. The van der Waals surface area contributed by atoms with Crippen LogP contribution in [0.5, 0.6) is 6.08 Å². The number of hydrogen-bond donors (Lipinski definition) is 1. The van der Waals surface area contributed by atoms with Gasteiger partial charge in [-0.1, -0.05) is 20.8 Å². The molecule has 2 aromatic rings. The Kier molecular flexibility index (Phi) is 3.46. The molecular weight excluding hydrogens is 246 g/mol. The molecule has 1 aromatic heterocycles. The number of fused-ring (bicyclic) bond motifs is 1. The van der Waals surface area contributed by atoms with E-state index in [-0.39, 0.29) is 17.1 Å². The molecule has 0 unspecified atom stereocenters. The molecule has 0 aliphatic carbocycles. The second-order valence-corrected chi connectivity index (χ2v) is 5.63. The largest absolute Gasteiger partial charge is 0.478 e. The zero-order chi connectivity index (χ0) is 14.0. The molecule has 5 heteroatoms. The number of benzene rings is 1. The van der Waals surface area contributed by atoms with Gasteiger partial charge in [0.1, 0.15) is 5.52 Å². The molecule has 0 radical (unpaired) electrons. The van der Waals surface area contributed by atoms with E-state index in [1.54, 1.807) is 6.07 Å². The number of carboxylic acid groups (broad SMARTS) is 1. The van der Waals surface area contributed by atoms with Crippen LogP contribution in [-0.2, 0) is 0 Å². The Hall–Kier alpha value is -2.04. The minimum atomic E-state index is -0.992. The van der Waals surface area contributed by atoms with Gasteiger partial charge in [-0.15, -0.1) is 0 Å². The molecule has 2 rings (SSSR count). The molecule has 0 aliphatic rings. The summed E-state index contributed by atoms with van der Waals surface area (Å²) in [5.41, 5.74) is 1.37. The fourth-order valence-corrected chi connectivity index (χ4v) is 1.54. The first-order valence-corrected chi connectivity index (χ1v) is 6.12. The number of carboxylic acids is 1. The second-order valence-electron chi connectivity index (χ2n) is 5.63. The zero-order valence-electron chi connectivity index (χ0n) is 11.3. The molecule has 0 saturated carbocycles. The maximum Gasteiger partial charge on any atom is 0.394 e. The Morgan fingerprint density at radius 3 is 2.79 bits per heavy atom. The van der Waals surface area contributed by atoms with Crippen LogP contribution < -0.4 is 4.74 Å². The molecule has 102 valence electrons. The van der Waals surface area contributed by atoms with Crippen LogP contribution in [0.4, 0.5) is 0 Å². The van der Waals surface area contributed by atoms with Gasteiger partial charge >= 0.3 is 12.0 Å². The summed E-state index contributed by atoms with van der Waals surface area (Å²) < 4.78 is 10.8. The Morgan fingerprint density at radius 2 is 2.16 bits per heavy atom. The summed E-state index contributed by atoms with van der Waals surface area (Å²) >= 11 is 0. The van der Waals surface area contributed by atoms with E-state index < -0.39 is 5.97 Å². The highest BCUT2D eigenvalue weighted by atomic mass is 16.6. The van der Waals surface area contributed by atoms with Crippen LogP contribution in [-0.4, -0.2) is 22.7 Å². The summed E-state index contributed by atoms with van der Waals surface area (Å²) in [6, 6.07) is 4.55. The lowest BCUT2D eigenvalue weighted by molar-refractivity contribution is 0.0697. The predicted octanol–water partition coefficient (Wildman–Crippen LogP) is 3.34. The summed E-state index contributed by atoms with van der Waals surface area (Å²) in [6.45, 7) is 6.90. The van der Waals surface area contributed by atoms with Crippen LogP contribution in [0.3, 0.4) is 0 Å². The van der Waals surface area contributed by atoms with Crippen molar-refractivity contribution in [3.63, 3.8) is 0 Å². The molecule has 0 amide bonds. The fraction of sp³-hybridized carbons (Fsp3) is 0.429. The third-order valence-corrected chi connectivity index (χ3v) is 2.69. The van der Waals surface area contributed by atoms with Gasteiger partial charge in [0.05, 0.1) is 12.2 Å². The third kappa shape index (κ3) is 3.47. The minimum absolute atomic E-state index is 0.171. The average molecular weight is 263 g/mol. The topological polar surface area (TPSA) is 72.6 Å². The maximum absolute atomic E-state index is 10.8. The second kappa shape index (κ2) is 4.91. The van der Waals surface area contributed by atoms with E-state index in [0.717, 1.165) is 6.42 Å². The van der Waals surface area contributed by atoms with Crippen molar-refractivity contribution in [1.29, 1.82) is 0 Å². The van der Waals surface area contributed by atoms with E-state index in [1.165, 1.54) is 12.1 Å². The molecule has 1 aromatic carbocycles. The number of nitrogens with zero attached hydrogens (tertiary/aromatic N) is 1. The van der Waals surface area contributed by atoms with Gasteiger partial charge in [-0.05, 0) is 30.0 Å². The van der Waals surface area contributed by atoms with Crippen molar-refractivity contribution in [3.8, 4) is 6.08 Å². The molecule has 0 fully saturated rings. The summed E-state index contributed by atoms with van der Waals surface area (Å²) in [7, 11) is 0. The van der Waals surface area contributed by atoms with E-state index in [4.69, 9.17) is 14.3 Å². The van der Waals surface area contributed by atoms with Crippen LogP contribution in [0.2, 0.25) is 0 Å². The molecule has 0 spiro atoms. The van der Waals surface area contributed by atoms with Crippen molar-refractivity contribution in [2.45, 2.75) is 27.2 Å². The lowest BCUT2D eigenvalue weighted by Gasteiger charge is -2.16. The Morgan fingerprint density at radius 1 is 1.42 bits per heavy atom. The molecule has 0 aliphatic heterocycles.